The van der Waals surface area contributed by atoms with Crippen LogP contribution in [-0.2, 0) is 6.42 Å². The Bertz CT molecular complexity index is 466. The third kappa shape index (κ3) is 2.41. The van der Waals surface area contributed by atoms with Gasteiger partial charge in [0.15, 0.2) is 0 Å². The summed E-state index contributed by atoms with van der Waals surface area (Å²) in [5.74, 6) is 0. The molecule has 0 radical (unpaired) electrons. The van der Waals surface area contributed by atoms with Crippen LogP contribution in [0.4, 0.5) is 0 Å². The van der Waals surface area contributed by atoms with Gasteiger partial charge in [0.05, 0.1) is 11.6 Å². The van der Waals surface area contributed by atoms with Crippen molar-refractivity contribution in [1.82, 2.24) is 4.98 Å². The molecular formula is C13H10N2. The van der Waals surface area contributed by atoms with Crippen molar-refractivity contribution >= 4 is 0 Å². The van der Waals surface area contributed by atoms with Gasteiger partial charge in [-0.2, -0.15) is 5.26 Å². The molecule has 0 spiro atoms. The standard InChI is InChI=1S/C13H10N2/c14-9-12-5-3-11(4-6-12)8-13-2-1-7-15-10-13/h1-7,10H,8H2. The van der Waals surface area contributed by atoms with Crippen LogP contribution >= 0.6 is 0 Å². The molecule has 0 atom stereocenters. The lowest BCUT2D eigenvalue weighted by molar-refractivity contribution is 1.14. The molecule has 2 heteroatoms. The number of aromatic nitrogens is 1. The maximum absolute atomic E-state index is 8.66. The van der Waals surface area contributed by atoms with E-state index in [0.717, 1.165) is 6.42 Å². The molecule has 0 aliphatic heterocycles. The first kappa shape index (κ1) is 9.42. The van der Waals surface area contributed by atoms with Crippen molar-refractivity contribution in [2.24, 2.45) is 0 Å². The number of rotatable bonds is 2. The first-order valence-electron chi connectivity index (χ1n) is 4.76. The van der Waals surface area contributed by atoms with Gasteiger partial charge >= 0.3 is 0 Å². The van der Waals surface area contributed by atoms with Gasteiger partial charge in [0.1, 0.15) is 0 Å². The number of hydrogen-bond donors (Lipinski definition) is 0. The molecule has 0 fully saturated rings. The van der Waals surface area contributed by atoms with Crippen molar-refractivity contribution in [1.29, 1.82) is 5.26 Å². The van der Waals surface area contributed by atoms with Crippen LogP contribution in [0, 0.1) is 11.3 Å². The molecule has 0 N–H and O–H groups in total. The fourth-order valence-electron chi connectivity index (χ4n) is 1.44. The predicted molar refractivity (Wildman–Crippen MR) is 58.2 cm³/mol. The minimum Gasteiger partial charge on any atom is -0.264 e. The van der Waals surface area contributed by atoms with Gasteiger partial charge in [0.25, 0.3) is 0 Å². The second kappa shape index (κ2) is 4.39. The minimum absolute atomic E-state index is 0.699. The Morgan fingerprint density at radius 1 is 1.07 bits per heavy atom. The molecule has 0 saturated carbocycles. The molecule has 0 unspecified atom stereocenters. The van der Waals surface area contributed by atoms with Crippen LogP contribution in [0.5, 0.6) is 0 Å². The highest BCUT2D eigenvalue weighted by Crippen LogP contribution is 2.09. The Labute approximate surface area is 88.8 Å². The Morgan fingerprint density at radius 2 is 1.87 bits per heavy atom. The summed E-state index contributed by atoms with van der Waals surface area (Å²) in [6, 6.07) is 13.7. The molecule has 1 aromatic carbocycles. The molecule has 2 rings (SSSR count). The SMILES string of the molecule is N#Cc1ccc(Cc2cccnc2)cc1. The molecule has 0 bridgehead atoms. The Kier molecular flexibility index (Phi) is 2.75. The van der Waals surface area contributed by atoms with Gasteiger partial charge < -0.3 is 0 Å². The van der Waals surface area contributed by atoms with Crippen molar-refractivity contribution in [3.8, 4) is 6.07 Å². The van der Waals surface area contributed by atoms with E-state index in [2.05, 4.69) is 11.1 Å². The lowest BCUT2D eigenvalue weighted by Crippen LogP contribution is -1.88. The van der Waals surface area contributed by atoms with Crippen LogP contribution in [0.15, 0.2) is 48.8 Å². The molecule has 0 aliphatic rings. The summed E-state index contributed by atoms with van der Waals surface area (Å²) in [4.78, 5) is 4.06. The van der Waals surface area contributed by atoms with E-state index in [4.69, 9.17) is 5.26 Å². The van der Waals surface area contributed by atoms with E-state index >= 15 is 0 Å². The van der Waals surface area contributed by atoms with Gasteiger partial charge in [0, 0.05) is 12.4 Å². The maximum atomic E-state index is 8.66. The minimum atomic E-state index is 0.699. The van der Waals surface area contributed by atoms with Crippen LogP contribution in [0.3, 0.4) is 0 Å². The monoisotopic (exact) mass is 194 g/mol. The summed E-state index contributed by atoms with van der Waals surface area (Å²) in [5, 5.41) is 8.66. The highest BCUT2D eigenvalue weighted by molar-refractivity contribution is 5.33. The molecule has 15 heavy (non-hydrogen) atoms. The summed E-state index contributed by atoms with van der Waals surface area (Å²) in [7, 11) is 0. The lowest BCUT2D eigenvalue weighted by Gasteiger charge is -2.00. The van der Waals surface area contributed by atoms with Crippen molar-refractivity contribution in [3.63, 3.8) is 0 Å². The summed E-state index contributed by atoms with van der Waals surface area (Å²) >= 11 is 0. The molecular weight excluding hydrogens is 184 g/mol. The second-order valence-electron chi connectivity index (χ2n) is 3.35. The first-order valence-corrected chi connectivity index (χ1v) is 4.76. The van der Waals surface area contributed by atoms with Crippen LogP contribution < -0.4 is 0 Å². The molecule has 0 saturated heterocycles. The lowest BCUT2D eigenvalue weighted by atomic mass is 10.1. The fraction of sp³-hybridized carbons (Fsp3) is 0.0769. The summed E-state index contributed by atoms with van der Waals surface area (Å²) in [6.45, 7) is 0. The van der Waals surface area contributed by atoms with Crippen molar-refractivity contribution < 1.29 is 0 Å². The Morgan fingerprint density at radius 3 is 2.47 bits per heavy atom. The summed E-state index contributed by atoms with van der Waals surface area (Å²) < 4.78 is 0. The maximum Gasteiger partial charge on any atom is 0.0991 e. The normalized spacial score (nSPS) is 9.53. The largest absolute Gasteiger partial charge is 0.264 e. The van der Waals surface area contributed by atoms with Crippen molar-refractivity contribution in [3.05, 3.63) is 65.5 Å². The zero-order valence-corrected chi connectivity index (χ0v) is 8.22. The topological polar surface area (TPSA) is 36.7 Å². The van der Waals surface area contributed by atoms with Gasteiger partial charge in [-0.15, -0.1) is 0 Å². The van der Waals surface area contributed by atoms with E-state index in [0.29, 0.717) is 5.56 Å². The molecule has 2 nitrogen and oxygen atoms in total. The average Bonchev–Trinajstić information content (AvgIpc) is 2.31. The smallest absolute Gasteiger partial charge is 0.0991 e. The number of hydrogen-bond acceptors (Lipinski definition) is 2. The van der Waals surface area contributed by atoms with Crippen LogP contribution in [-0.4, -0.2) is 4.98 Å². The molecule has 0 amide bonds. The molecule has 0 aliphatic carbocycles. The summed E-state index contributed by atoms with van der Waals surface area (Å²) in [5.41, 5.74) is 3.08. The molecule has 1 aromatic heterocycles. The van der Waals surface area contributed by atoms with E-state index in [-0.39, 0.29) is 0 Å². The van der Waals surface area contributed by atoms with Crippen molar-refractivity contribution in [2.45, 2.75) is 6.42 Å². The molecule has 72 valence electrons. The average molecular weight is 194 g/mol. The predicted octanol–water partition coefficient (Wildman–Crippen LogP) is 2.54. The van der Waals surface area contributed by atoms with Gasteiger partial charge in [-0.25, -0.2) is 0 Å². The van der Waals surface area contributed by atoms with Gasteiger partial charge in [-0.3, -0.25) is 4.98 Å². The number of benzene rings is 1. The van der Waals surface area contributed by atoms with Crippen LogP contribution in [0.1, 0.15) is 16.7 Å². The van der Waals surface area contributed by atoms with E-state index < -0.39 is 0 Å². The van der Waals surface area contributed by atoms with Gasteiger partial charge in [-0.05, 0) is 35.7 Å². The first-order chi connectivity index (χ1) is 7.38. The van der Waals surface area contributed by atoms with E-state index in [1.165, 1.54) is 11.1 Å². The van der Waals surface area contributed by atoms with Gasteiger partial charge in [-0.1, -0.05) is 18.2 Å². The number of nitrogens with zero attached hydrogens (tertiary/aromatic N) is 2. The van der Waals surface area contributed by atoms with Crippen molar-refractivity contribution in [2.75, 3.05) is 0 Å². The zero-order valence-electron chi connectivity index (χ0n) is 8.22. The zero-order chi connectivity index (χ0) is 10.5. The number of nitriles is 1. The molecule has 1 heterocycles. The van der Waals surface area contributed by atoms with Crippen LogP contribution in [0.2, 0.25) is 0 Å². The van der Waals surface area contributed by atoms with E-state index in [1.54, 1.807) is 6.20 Å². The summed E-state index contributed by atoms with van der Waals surface area (Å²) in [6.07, 6.45) is 4.49. The third-order valence-electron chi connectivity index (χ3n) is 2.21. The Balaban J connectivity index is 2.16. The number of pyridine rings is 1. The fourth-order valence-corrected chi connectivity index (χ4v) is 1.44. The van der Waals surface area contributed by atoms with E-state index in [9.17, 15) is 0 Å². The third-order valence-corrected chi connectivity index (χ3v) is 2.21. The van der Waals surface area contributed by atoms with E-state index in [1.807, 2.05) is 42.6 Å². The highest BCUT2D eigenvalue weighted by Gasteiger charge is 1.96. The highest BCUT2D eigenvalue weighted by atomic mass is 14.6. The van der Waals surface area contributed by atoms with Gasteiger partial charge in [0.2, 0.25) is 0 Å². The Hall–Kier alpha value is -2.14. The van der Waals surface area contributed by atoms with Crippen LogP contribution in [0.25, 0.3) is 0 Å². The molecule has 2 aromatic rings. The quantitative estimate of drug-likeness (QED) is 0.736. The second-order valence-corrected chi connectivity index (χ2v) is 3.35.